The van der Waals surface area contributed by atoms with Gasteiger partial charge < -0.3 is 21.7 Å². The first-order valence-electron chi connectivity index (χ1n) is 3.66. The Morgan fingerprint density at radius 1 is 1.00 bits per heavy atom. The van der Waals surface area contributed by atoms with Gasteiger partial charge in [-0.3, -0.25) is 9.59 Å². The molecule has 2 atom stereocenters. The Kier molecular flexibility index (Phi) is 11.7. The number of carboxylic acid groups (broad SMARTS) is 2. The van der Waals surface area contributed by atoms with Gasteiger partial charge in [-0.05, 0) is 0 Å². The van der Waals surface area contributed by atoms with Crippen LogP contribution in [0.1, 0.15) is 0 Å². The number of hydrogen-bond acceptors (Lipinski definition) is 6. The molecular weight excluding hydrogens is 251 g/mol. The maximum atomic E-state index is 10.3. The van der Waals surface area contributed by atoms with Gasteiger partial charge in [-0.2, -0.15) is 0 Å². The molecule has 0 aliphatic carbocycles. The Morgan fingerprint density at radius 3 is 1.47 bits per heavy atom. The van der Waals surface area contributed by atoms with E-state index in [1.807, 2.05) is 0 Å². The van der Waals surface area contributed by atoms with E-state index in [-0.39, 0.29) is 41.1 Å². The number of carbonyl (C=O) groups is 2. The number of hydrogen-bond donors (Lipinski definition) is 4. The van der Waals surface area contributed by atoms with Gasteiger partial charge >= 0.3 is 11.9 Å². The molecule has 6 nitrogen and oxygen atoms in total. The molecule has 0 unspecified atom stereocenters. The minimum atomic E-state index is -1.07. The molecule has 0 saturated carbocycles. The molecule has 0 spiro atoms. The largest absolute Gasteiger partial charge is 0.480 e. The third-order valence-corrected chi connectivity index (χ3v) is 3.69. The zero-order valence-electron chi connectivity index (χ0n) is 8.25. The average Bonchev–Trinajstić information content (AvgIpc) is 2.11. The van der Waals surface area contributed by atoms with E-state index < -0.39 is 24.0 Å². The van der Waals surface area contributed by atoms with Gasteiger partial charge in [0.15, 0.2) is 0 Å². The molecule has 0 aliphatic heterocycles. The van der Waals surface area contributed by atoms with E-state index in [0.717, 1.165) is 0 Å². The number of rotatable bonds is 7. The van der Waals surface area contributed by atoms with E-state index >= 15 is 0 Å². The molecule has 9 heteroatoms. The SMILES string of the molecule is N[C@@H](CSSC[C@H](N)C(=O)O)C(=O)O.[Na]. The fourth-order valence-corrected chi connectivity index (χ4v) is 2.61. The standard InChI is InChI=1S/C6H12N2O4S2.Na/c7-3(5(9)10)1-13-14-2-4(8)6(11)12;/h3-4H,1-2,7-8H2,(H,9,10)(H,11,12);/t3-,4-;/m0./s1. The van der Waals surface area contributed by atoms with Gasteiger partial charge in [0.2, 0.25) is 0 Å². The minimum absolute atomic E-state index is 0. The van der Waals surface area contributed by atoms with Crippen molar-refractivity contribution < 1.29 is 19.8 Å². The van der Waals surface area contributed by atoms with Crippen molar-refractivity contribution in [1.82, 2.24) is 0 Å². The molecule has 83 valence electrons. The van der Waals surface area contributed by atoms with Crippen molar-refractivity contribution in [3.8, 4) is 0 Å². The van der Waals surface area contributed by atoms with E-state index in [9.17, 15) is 9.59 Å². The van der Waals surface area contributed by atoms with Crippen LogP contribution >= 0.6 is 21.6 Å². The fraction of sp³-hybridized carbons (Fsp3) is 0.667. The van der Waals surface area contributed by atoms with E-state index in [0.29, 0.717) is 0 Å². The third-order valence-electron chi connectivity index (χ3n) is 1.21. The number of nitrogens with two attached hydrogens (primary N) is 2. The summed E-state index contributed by atoms with van der Waals surface area (Å²) in [5.74, 6) is -1.68. The van der Waals surface area contributed by atoms with Gasteiger partial charge in [-0.1, -0.05) is 21.6 Å². The molecule has 15 heavy (non-hydrogen) atoms. The van der Waals surface area contributed by atoms with Gasteiger partial charge in [-0.15, -0.1) is 0 Å². The summed E-state index contributed by atoms with van der Waals surface area (Å²) in [5, 5.41) is 16.8. The van der Waals surface area contributed by atoms with Gasteiger partial charge in [-0.25, -0.2) is 0 Å². The Bertz CT molecular complexity index is 197. The summed E-state index contributed by atoms with van der Waals surface area (Å²) in [6.07, 6.45) is 0. The summed E-state index contributed by atoms with van der Waals surface area (Å²) < 4.78 is 0. The Morgan fingerprint density at radius 2 is 1.27 bits per heavy atom. The van der Waals surface area contributed by atoms with Gasteiger partial charge in [0.25, 0.3) is 0 Å². The summed E-state index contributed by atoms with van der Waals surface area (Å²) in [5.41, 5.74) is 10.4. The van der Waals surface area contributed by atoms with Crippen LogP contribution in [0.5, 0.6) is 0 Å². The van der Waals surface area contributed by atoms with E-state index in [1.54, 1.807) is 0 Å². The second-order valence-corrected chi connectivity index (χ2v) is 5.01. The van der Waals surface area contributed by atoms with Crippen LogP contribution in [0.2, 0.25) is 0 Å². The van der Waals surface area contributed by atoms with Crippen LogP contribution in [-0.2, 0) is 9.59 Å². The van der Waals surface area contributed by atoms with E-state index in [2.05, 4.69) is 0 Å². The second kappa shape index (κ2) is 9.76. The molecule has 0 aromatic rings. The smallest absolute Gasteiger partial charge is 0.321 e. The number of carboxylic acids is 2. The molecule has 0 aliphatic rings. The Labute approximate surface area is 117 Å². The zero-order valence-corrected chi connectivity index (χ0v) is 11.9. The second-order valence-electron chi connectivity index (χ2n) is 2.46. The normalized spacial score (nSPS) is 13.7. The summed E-state index contributed by atoms with van der Waals surface area (Å²) >= 11 is 0. The molecule has 0 aromatic heterocycles. The minimum Gasteiger partial charge on any atom is -0.480 e. The molecule has 0 bridgehead atoms. The topological polar surface area (TPSA) is 127 Å². The molecule has 0 heterocycles. The molecule has 0 rings (SSSR count). The molecule has 6 N–H and O–H groups in total. The predicted molar refractivity (Wildman–Crippen MR) is 61.9 cm³/mol. The van der Waals surface area contributed by atoms with Crippen LogP contribution in [0.3, 0.4) is 0 Å². The van der Waals surface area contributed by atoms with Crippen molar-refractivity contribution in [1.29, 1.82) is 0 Å². The Balaban J connectivity index is 0. The van der Waals surface area contributed by atoms with E-state index in [4.69, 9.17) is 21.7 Å². The van der Waals surface area contributed by atoms with Crippen molar-refractivity contribution in [2.45, 2.75) is 12.1 Å². The first-order valence-corrected chi connectivity index (χ1v) is 6.15. The van der Waals surface area contributed by atoms with Crippen molar-refractivity contribution in [2.24, 2.45) is 11.5 Å². The first kappa shape index (κ1) is 17.9. The molecule has 1 radical (unpaired) electrons. The van der Waals surface area contributed by atoms with Crippen LogP contribution in [0.15, 0.2) is 0 Å². The van der Waals surface area contributed by atoms with Crippen LogP contribution in [0.4, 0.5) is 0 Å². The molecule has 0 saturated heterocycles. The number of aliphatic carboxylic acids is 2. The van der Waals surface area contributed by atoms with Crippen LogP contribution in [0, 0.1) is 0 Å². The summed E-state index contributed by atoms with van der Waals surface area (Å²) in [4.78, 5) is 20.5. The quantitative estimate of drug-likeness (QED) is 0.256. The summed E-state index contributed by atoms with van der Waals surface area (Å²) in [6.45, 7) is 0. The molecule has 0 aromatic carbocycles. The van der Waals surface area contributed by atoms with E-state index in [1.165, 1.54) is 21.6 Å². The fourth-order valence-electron chi connectivity index (χ4n) is 0.385. The molecular formula is C6H12N2NaO4S2. The maximum Gasteiger partial charge on any atom is 0.321 e. The van der Waals surface area contributed by atoms with Crippen LogP contribution in [0.25, 0.3) is 0 Å². The zero-order chi connectivity index (χ0) is 11.1. The summed E-state index contributed by atoms with van der Waals surface area (Å²) in [6, 6.07) is -1.85. The predicted octanol–water partition coefficient (Wildman–Crippen LogP) is -1.19. The van der Waals surface area contributed by atoms with Gasteiger partial charge in [0, 0.05) is 41.1 Å². The first-order chi connectivity index (χ1) is 6.45. The van der Waals surface area contributed by atoms with Crippen LogP contribution in [-0.4, -0.2) is 75.3 Å². The van der Waals surface area contributed by atoms with Crippen molar-refractivity contribution in [2.75, 3.05) is 11.5 Å². The monoisotopic (exact) mass is 263 g/mol. The van der Waals surface area contributed by atoms with Crippen molar-refractivity contribution in [3.63, 3.8) is 0 Å². The van der Waals surface area contributed by atoms with Crippen LogP contribution < -0.4 is 11.5 Å². The van der Waals surface area contributed by atoms with Gasteiger partial charge in [0.1, 0.15) is 12.1 Å². The van der Waals surface area contributed by atoms with Crippen molar-refractivity contribution in [3.05, 3.63) is 0 Å². The van der Waals surface area contributed by atoms with Gasteiger partial charge in [0.05, 0.1) is 0 Å². The van der Waals surface area contributed by atoms with Crippen molar-refractivity contribution >= 4 is 63.1 Å². The summed E-state index contributed by atoms with van der Waals surface area (Å²) in [7, 11) is 2.41. The Hall–Kier alpha value is 0.560. The molecule has 0 amide bonds. The third kappa shape index (κ3) is 9.49. The molecule has 0 fully saturated rings. The average molecular weight is 263 g/mol. The maximum absolute atomic E-state index is 10.3.